The Hall–Kier alpha value is -4.33. The molecule has 0 aliphatic heterocycles. The molecule has 2 N–H and O–H groups in total. The van der Waals surface area contributed by atoms with Crippen LogP contribution < -0.4 is 20.1 Å². The maximum Gasteiger partial charge on any atom is 0.272 e. The van der Waals surface area contributed by atoms with Crippen molar-refractivity contribution in [2.75, 3.05) is 26.1 Å². The fourth-order valence-electron chi connectivity index (χ4n) is 4.05. The molecule has 0 saturated carbocycles. The van der Waals surface area contributed by atoms with E-state index in [1.165, 1.54) is 7.11 Å². The van der Waals surface area contributed by atoms with Crippen LogP contribution >= 0.6 is 0 Å². The van der Waals surface area contributed by atoms with Gasteiger partial charge < -0.3 is 20.1 Å². The lowest BCUT2D eigenvalue weighted by Crippen LogP contribution is -2.37. The van der Waals surface area contributed by atoms with Gasteiger partial charge in [-0.1, -0.05) is 44.2 Å². The molecular weight excluding hydrogens is 456 g/mol. The Labute approximate surface area is 210 Å². The van der Waals surface area contributed by atoms with Gasteiger partial charge in [-0.25, -0.2) is 0 Å². The number of rotatable bonds is 8. The van der Waals surface area contributed by atoms with Crippen LogP contribution in [-0.2, 0) is 12.5 Å². The average molecular weight is 487 g/mol. The zero-order valence-electron chi connectivity index (χ0n) is 21.1. The van der Waals surface area contributed by atoms with E-state index in [4.69, 9.17) is 9.47 Å². The summed E-state index contributed by atoms with van der Waals surface area (Å²) in [6.07, 6.45) is 0. The largest absolute Gasteiger partial charge is 0.493 e. The molecule has 0 unspecified atom stereocenters. The van der Waals surface area contributed by atoms with E-state index in [2.05, 4.69) is 29.6 Å². The van der Waals surface area contributed by atoms with Crippen LogP contribution in [0.1, 0.15) is 40.3 Å². The molecule has 4 rings (SSSR count). The first-order valence-electron chi connectivity index (χ1n) is 11.6. The minimum atomic E-state index is -0.341. The van der Waals surface area contributed by atoms with E-state index in [0.29, 0.717) is 35.0 Å². The van der Waals surface area contributed by atoms with Crippen LogP contribution in [0.15, 0.2) is 66.7 Å². The molecule has 0 aliphatic rings. The number of fused-ring (bicyclic) bond motifs is 1. The smallest absolute Gasteiger partial charge is 0.272 e. The first-order valence-corrected chi connectivity index (χ1v) is 11.6. The second-order valence-electron chi connectivity index (χ2n) is 9.16. The first-order chi connectivity index (χ1) is 17.2. The van der Waals surface area contributed by atoms with E-state index >= 15 is 0 Å². The van der Waals surface area contributed by atoms with Gasteiger partial charge in [0.15, 0.2) is 17.2 Å². The second-order valence-corrected chi connectivity index (χ2v) is 9.16. The number of hydrogen-bond donors (Lipinski definition) is 2. The van der Waals surface area contributed by atoms with Crippen molar-refractivity contribution < 1.29 is 19.1 Å². The highest BCUT2D eigenvalue weighted by Crippen LogP contribution is 2.28. The van der Waals surface area contributed by atoms with E-state index in [9.17, 15) is 9.59 Å². The third-order valence-corrected chi connectivity index (χ3v) is 6.23. The molecular formula is C28H30N4O4. The van der Waals surface area contributed by atoms with Crippen molar-refractivity contribution in [3.05, 3.63) is 83.6 Å². The van der Waals surface area contributed by atoms with Gasteiger partial charge in [-0.2, -0.15) is 5.10 Å². The van der Waals surface area contributed by atoms with Crippen molar-refractivity contribution in [2.45, 2.75) is 19.3 Å². The number of nitrogens with one attached hydrogen (secondary N) is 2. The van der Waals surface area contributed by atoms with Gasteiger partial charge in [0.25, 0.3) is 11.8 Å². The highest BCUT2D eigenvalue weighted by molar-refractivity contribution is 6.05. The maximum absolute atomic E-state index is 12.9. The SMILES string of the molecule is COc1ccc(C(=O)Nc2ccc(C(C)(C)CNC(=O)c3nn(C)c4ccccc34)cc2)cc1OC. The number of para-hydroxylation sites is 1. The standard InChI is InChI=1S/C28H30N4O4/c1-28(2,17-29-27(34)25-21-8-6-7-9-22(21)32(3)31-25)19-11-13-20(14-12-19)30-26(33)18-10-15-23(35-4)24(16-18)36-5/h6-16H,17H2,1-5H3,(H,29,34)(H,30,33). The minimum Gasteiger partial charge on any atom is -0.493 e. The van der Waals surface area contributed by atoms with E-state index in [1.54, 1.807) is 30.0 Å². The third kappa shape index (κ3) is 5.02. The number of benzene rings is 3. The Morgan fingerprint density at radius 1 is 0.917 bits per heavy atom. The quantitative estimate of drug-likeness (QED) is 0.381. The highest BCUT2D eigenvalue weighted by atomic mass is 16.5. The molecule has 0 spiro atoms. The Balaban J connectivity index is 1.41. The molecule has 1 aromatic heterocycles. The summed E-state index contributed by atoms with van der Waals surface area (Å²) in [4.78, 5) is 25.6. The summed E-state index contributed by atoms with van der Waals surface area (Å²) >= 11 is 0. The van der Waals surface area contributed by atoms with Crippen LogP contribution in [-0.4, -0.2) is 42.4 Å². The number of methoxy groups -OCH3 is 2. The monoisotopic (exact) mass is 486 g/mol. The van der Waals surface area contributed by atoms with E-state index in [1.807, 2.05) is 55.6 Å². The number of aryl methyl sites for hydroxylation is 1. The predicted octanol–water partition coefficient (Wildman–Crippen LogP) is 4.55. The summed E-state index contributed by atoms with van der Waals surface area (Å²) in [6, 6.07) is 20.3. The van der Waals surface area contributed by atoms with Gasteiger partial charge in [0.1, 0.15) is 0 Å². The van der Waals surface area contributed by atoms with Gasteiger partial charge in [0, 0.05) is 35.6 Å². The van der Waals surface area contributed by atoms with Crippen molar-refractivity contribution in [1.29, 1.82) is 0 Å². The predicted molar refractivity (Wildman–Crippen MR) is 140 cm³/mol. The summed E-state index contributed by atoms with van der Waals surface area (Å²) in [7, 11) is 4.90. The zero-order valence-corrected chi connectivity index (χ0v) is 21.1. The van der Waals surface area contributed by atoms with E-state index in [-0.39, 0.29) is 17.2 Å². The van der Waals surface area contributed by atoms with Gasteiger partial charge in [-0.05, 0) is 42.0 Å². The molecule has 36 heavy (non-hydrogen) atoms. The molecule has 8 nitrogen and oxygen atoms in total. The molecule has 3 aromatic carbocycles. The Kier molecular flexibility index (Phi) is 6.96. The number of carbonyl (C=O) groups excluding carboxylic acids is 2. The molecule has 0 radical (unpaired) electrons. The van der Waals surface area contributed by atoms with Gasteiger partial charge in [-0.15, -0.1) is 0 Å². The van der Waals surface area contributed by atoms with Crippen molar-refractivity contribution in [3.63, 3.8) is 0 Å². The molecule has 4 aromatic rings. The van der Waals surface area contributed by atoms with Gasteiger partial charge >= 0.3 is 0 Å². The van der Waals surface area contributed by atoms with Crippen molar-refractivity contribution in [2.24, 2.45) is 7.05 Å². The molecule has 2 amide bonds. The van der Waals surface area contributed by atoms with Crippen LogP contribution in [0.4, 0.5) is 5.69 Å². The number of carbonyl (C=O) groups is 2. The lowest BCUT2D eigenvalue weighted by atomic mass is 9.84. The Bertz CT molecular complexity index is 1410. The van der Waals surface area contributed by atoms with Crippen molar-refractivity contribution in [3.8, 4) is 11.5 Å². The molecule has 0 aliphatic carbocycles. The summed E-state index contributed by atoms with van der Waals surface area (Å²) in [5, 5.41) is 11.1. The summed E-state index contributed by atoms with van der Waals surface area (Å²) in [6.45, 7) is 4.54. The normalized spacial score (nSPS) is 11.2. The summed E-state index contributed by atoms with van der Waals surface area (Å²) in [5.41, 5.74) is 3.13. The van der Waals surface area contributed by atoms with Crippen LogP contribution in [0.2, 0.25) is 0 Å². The fourth-order valence-corrected chi connectivity index (χ4v) is 4.05. The lowest BCUT2D eigenvalue weighted by molar-refractivity contribution is 0.0940. The van der Waals surface area contributed by atoms with Crippen LogP contribution in [0, 0.1) is 0 Å². The number of ether oxygens (including phenoxy) is 2. The van der Waals surface area contributed by atoms with Crippen molar-refractivity contribution >= 4 is 28.4 Å². The van der Waals surface area contributed by atoms with E-state index in [0.717, 1.165) is 16.5 Å². The topological polar surface area (TPSA) is 94.5 Å². The third-order valence-electron chi connectivity index (χ3n) is 6.23. The van der Waals surface area contributed by atoms with Crippen LogP contribution in [0.3, 0.4) is 0 Å². The van der Waals surface area contributed by atoms with Crippen molar-refractivity contribution in [1.82, 2.24) is 15.1 Å². The van der Waals surface area contributed by atoms with Crippen LogP contribution in [0.5, 0.6) is 11.5 Å². The van der Waals surface area contributed by atoms with E-state index < -0.39 is 0 Å². The second kappa shape index (κ2) is 10.1. The number of anilines is 1. The van der Waals surface area contributed by atoms with Gasteiger partial charge in [-0.3, -0.25) is 14.3 Å². The average Bonchev–Trinajstić information content (AvgIpc) is 3.23. The lowest BCUT2D eigenvalue weighted by Gasteiger charge is -2.26. The molecule has 8 heteroatoms. The highest BCUT2D eigenvalue weighted by Gasteiger charge is 2.24. The first kappa shape index (κ1) is 24.8. The molecule has 0 bridgehead atoms. The molecule has 1 heterocycles. The van der Waals surface area contributed by atoms with Gasteiger partial charge in [0.05, 0.1) is 19.7 Å². The fraction of sp³-hybridized carbons (Fsp3) is 0.250. The Morgan fingerprint density at radius 3 is 2.31 bits per heavy atom. The molecule has 0 atom stereocenters. The summed E-state index contributed by atoms with van der Waals surface area (Å²) < 4.78 is 12.2. The minimum absolute atomic E-state index is 0.210. The maximum atomic E-state index is 12.9. The molecule has 0 fully saturated rings. The number of amides is 2. The van der Waals surface area contributed by atoms with Crippen LogP contribution in [0.25, 0.3) is 10.9 Å². The number of nitrogens with zero attached hydrogens (tertiary/aromatic N) is 2. The molecule has 0 saturated heterocycles. The Morgan fingerprint density at radius 2 is 1.61 bits per heavy atom. The number of hydrogen-bond acceptors (Lipinski definition) is 5. The zero-order chi connectivity index (χ0) is 25.9. The molecule has 186 valence electrons. The number of aromatic nitrogens is 2. The van der Waals surface area contributed by atoms with Gasteiger partial charge in [0.2, 0.25) is 0 Å². The summed E-state index contributed by atoms with van der Waals surface area (Å²) in [5.74, 6) is 0.587.